The lowest BCUT2D eigenvalue weighted by Gasteiger charge is -2.23. The molecule has 8 heteroatoms. The third kappa shape index (κ3) is 5.85. The van der Waals surface area contributed by atoms with Crippen LogP contribution in [-0.4, -0.2) is 28.1 Å². The molecule has 0 unspecified atom stereocenters. The van der Waals surface area contributed by atoms with Gasteiger partial charge in [0.25, 0.3) is 5.91 Å². The summed E-state index contributed by atoms with van der Waals surface area (Å²) < 4.78 is 28.3. The third-order valence-electron chi connectivity index (χ3n) is 4.19. The maximum Gasteiger partial charge on any atom is 0.254 e. The summed E-state index contributed by atoms with van der Waals surface area (Å²) in [4.78, 5) is 24.3. The van der Waals surface area contributed by atoms with Crippen LogP contribution in [0.2, 0.25) is 0 Å². The number of hydrogen-bond acceptors (Lipinski definition) is 3. The van der Waals surface area contributed by atoms with E-state index in [1.807, 2.05) is 47.6 Å². The lowest BCUT2D eigenvalue weighted by molar-refractivity contribution is -0.116. The zero-order valence-electron chi connectivity index (χ0n) is 17.7. The summed E-state index contributed by atoms with van der Waals surface area (Å²) in [5.74, 6) is -2.15. The van der Waals surface area contributed by atoms with E-state index < -0.39 is 17.5 Å². The standard InChI is InChI=1S/C21H28F2N4O2/c1-20(2,3)16-12-17(27(26-16)21(4,5)6)25-18(28)9-10-24-19(29)14-8-7-13(22)11-15(14)23/h7-8,11-12H,9-10H2,1-6H3,(H,24,29)(H,25,28). The van der Waals surface area contributed by atoms with Gasteiger partial charge in [0, 0.05) is 30.5 Å². The molecule has 2 amide bonds. The normalized spacial score (nSPS) is 12.0. The van der Waals surface area contributed by atoms with Gasteiger partial charge in [0.1, 0.15) is 17.5 Å². The topological polar surface area (TPSA) is 76.0 Å². The Morgan fingerprint density at radius 2 is 1.72 bits per heavy atom. The van der Waals surface area contributed by atoms with E-state index in [1.165, 1.54) is 0 Å². The molecule has 1 heterocycles. The number of carbonyl (C=O) groups excluding carboxylic acids is 2. The van der Waals surface area contributed by atoms with Crippen LogP contribution >= 0.6 is 0 Å². The fraction of sp³-hybridized carbons (Fsp3) is 0.476. The van der Waals surface area contributed by atoms with Crippen molar-refractivity contribution in [1.29, 1.82) is 0 Å². The van der Waals surface area contributed by atoms with Crippen molar-refractivity contribution in [2.75, 3.05) is 11.9 Å². The van der Waals surface area contributed by atoms with Crippen LogP contribution in [0.5, 0.6) is 0 Å². The number of halogens is 2. The van der Waals surface area contributed by atoms with Crippen molar-refractivity contribution in [3.05, 3.63) is 47.2 Å². The smallest absolute Gasteiger partial charge is 0.254 e. The van der Waals surface area contributed by atoms with Gasteiger partial charge in [-0.3, -0.25) is 9.59 Å². The molecule has 0 aliphatic carbocycles. The molecule has 2 N–H and O–H groups in total. The molecule has 29 heavy (non-hydrogen) atoms. The number of amides is 2. The quantitative estimate of drug-likeness (QED) is 0.789. The van der Waals surface area contributed by atoms with E-state index in [-0.39, 0.29) is 35.4 Å². The van der Waals surface area contributed by atoms with Gasteiger partial charge in [-0.05, 0) is 32.9 Å². The van der Waals surface area contributed by atoms with Crippen molar-refractivity contribution >= 4 is 17.6 Å². The summed E-state index contributed by atoms with van der Waals surface area (Å²) in [6.45, 7) is 12.1. The molecule has 2 aromatic rings. The van der Waals surface area contributed by atoms with Crippen molar-refractivity contribution in [1.82, 2.24) is 15.1 Å². The van der Waals surface area contributed by atoms with Crippen LogP contribution in [0, 0.1) is 11.6 Å². The van der Waals surface area contributed by atoms with Crippen LogP contribution < -0.4 is 10.6 Å². The van der Waals surface area contributed by atoms with Crippen LogP contribution in [0.4, 0.5) is 14.6 Å². The number of hydrogen-bond donors (Lipinski definition) is 2. The highest BCUT2D eigenvalue weighted by Gasteiger charge is 2.25. The van der Waals surface area contributed by atoms with Crippen molar-refractivity contribution < 1.29 is 18.4 Å². The highest BCUT2D eigenvalue weighted by atomic mass is 19.1. The summed E-state index contributed by atoms with van der Waals surface area (Å²) in [6.07, 6.45) is -0.00523. The minimum absolute atomic E-state index is 0.00523. The summed E-state index contributed by atoms with van der Waals surface area (Å²) in [5, 5.41) is 9.92. The molecule has 0 aliphatic rings. The molecule has 0 aliphatic heterocycles. The maximum atomic E-state index is 13.6. The van der Waals surface area contributed by atoms with E-state index in [1.54, 1.807) is 4.68 Å². The van der Waals surface area contributed by atoms with E-state index in [0.29, 0.717) is 11.9 Å². The average molecular weight is 406 g/mol. The summed E-state index contributed by atoms with van der Waals surface area (Å²) in [6, 6.07) is 4.55. The summed E-state index contributed by atoms with van der Waals surface area (Å²) in [7, 11) is 0. The number of carbonyl (C=O) groups is 2. The second-order valence-electron chi connectivity index (χ2n) is 8.93. The Hall–Kier alpha value is -2.77. The number of benzene rings is 1. The highest BCUT2D eigenvalue weighted by Crippen LogP contribution is 2.28. The van der Waals surface area contributed by atoms with E-state index >= 15 is 0 Å². The molecule has 2 rings (SSSR count). The van der Waals surface area contributed by atoms with E-state index in [0.717, 1.165) is 17.8 Å². The van der Waals surface area contributed by atoms with Crippen molar-refractivity contribution in [3.63, 3.8) is 0 Å². The number of anilines is 1. The van der Waals surface area contributed by atoms with Crippen LogP contribution in [0.1, 0.15) is 64.0 Å². The molecular formula is C21H28F2N4O2. The molecular weight excluding hydrogens is 378 g/mol. The van der Waals surface area contributed by atoms with Crippen molar-refractivity contribution in [2.45, 2.75) is 58.9 Å². The van der Waals surface area contributed by atoms with Gasteiger partial charge in [0.15, 0.2) is 0 Å². The number of nitrogens with one attached hydrogen (secondary N) is 2. The summed E-state index contributed by atoms with van der Waals surface area (Å²) in [5.41, 5.74) is 0.0686. The first-order chi connectivity index (χ1) is 13.3. The Labute approximate surface area is 169 Å². The molecule has 158 valence electrons. The first-order valence-electron chi connectivity index (χ1n) is 9.43. The predicted octanol–water partition coefficient (Wildman–Crippen LogP) is 3.97. The van der Waals surface area contributed by atoms with Crippen LogP contribution in [0.15, 0.2) is 24.3 Å². The Morgan fingerprint density at radius 1 is 1.07 bits per heavy atom. The lowest BCUT2D eigenvalue weighted by atomic mass is 9.92. The Morgan fingerprint density at radius 3 is 2.28 bits per heavy atom. The van der Waals surface area contributed by atoms with E-state index in [9.17, 15) is 18.4 Å². The predicted molar refractivity (Wildman–Crippen MR) is 108 cm³/mol. The maximum absolute atomic E-state index is 13.6. The molecule has 1 aromatic heterocycles. The van der Waals surface area contributed by atoms with Crippen molar-refractivity contribution in [2.24, 2.45) is 0 Å². The molecule has 0 bridgehead atoms. The minimum atomic E-state index is -0.948. The van der Waals surface area contributed by atoms with Crippen LogP contribution in [0.3, 0.4) is 0 Å². The molecule has 0 saturated carbocycles. The van der Waals surface area contributed by atoms with Gasteiger partial charge < -0.3 is 10.6 Å². The number of rotatable bonds is 5. The lowest BCUT2D eigenvalue weighted by Crippen LogP contribution is -2.30. The number of aromatic nitrogens is 2. The van der Waals surface area contributed by atoms with Crippen LogP contribution in [-0.2, 0) is 15.7 Å². The van der Waals surface area contributed by atoms with E-state index in [2.05, 4.69) is 15.7 Å². The SMILES string of the molecule is CC(C)(C)c1cc(NC(=O)CCNC(=O)c2ccc(F)cc2F)n(C(C)(C)C)n1. The zero-order valence-corrected chi connectivity index (χ0v) is 17.7. The largest absolute Gasteiger partial charge is 0.351 e. The van der Waals surface area contributed by atoms with Gasteiger partial charge in [-0.2, -0.15) is 5.10 Å². The summed E-state index contributed by atoms with van der Waals surface area (Å²) >= 11 is 0. The third-order valence-corrected chi connectivity index (χ3v) is 4.19. The van der Waals surface area contributed by atoms with Gasteiger partial charge in [-0.15, -0.1) is 0 Å². The second-order valence-corrected chi connectivity index (χ2v) is 8.93. The molecule has 0 spiro atoms. The first-order valence-corrected chi connectivity index (χ1v) is 9.43. The number of nitrogens with zero attached hydrogens (tertiary/aromatic N) is 2. The minimum Gasteiger partial charge on any atom is -0.351 e. The molecule has 1 aromatic carbocycles. The highest BCUT2D eigenvalue weighted by molar-refractivity contribution is 5.95. The molecule has 0 atom stereocenters. The average Bonchev–Trinajstić information content (AvgIpc) is 2.99. The molecule has 0 saturated heterocycles. The first kappa shape index (κ1) is 22.5. The van der Waals surface area contributed by atoms with Gasteiger partial charge in [-0.1, -0.05) is 20.8 Å². The molecule has 0 fully saturated rings. The van der Waals surface area contributed by atoms with Crippen LogP contribution in [0.25, 0.3) is 0 Å². The fourth-order valence-corrected chi connectivity index (χ4v) is 2.61. The Balaban J connectivity index is 2.00. The Kier molecular flexibility index (Phi) is 6.45. The van der Waals surface area contributed by atoms with E-state index in [4.69, 9.17) is 0 Å². The molecule has 6 nitrogen and oxygen atoms in total. The zero-order chi connectivity index (χ0) is 22.0. The molecule has 0 radical (unpaired) electrons. The van der Waals surface area contributed by atoms with Crippen molar-refractivity contribution in [3.8, 4) is 0 Å². The van der Waals surface area contributed by atoms with Gasteiger partial charge in [0.2, 0.25) is 5.91 Å². The van der Waals surface area contributed by atoms with Gasteiger partial charge in [0.05, 0.1) is 16.8 Å². The van der Waals surface area contributed by atoms with Gasteiger partial charge >= 0.3 is 0 Å². The second kappa shape index (κ2) is 8.31. The Bertz CT molecular complexity index is 908. The fourth-order valence-electron chi connectivity index (χ4n) is 2.61. The monoisotopic (exact) mass is 406 g/mol. The van der Waals surface area contributed by atoms with Gasteiger partial charge in [-0.25, -0.2) is 13.5 Å².